The van der Waals surface area contributed by atoms with Gasteiger partial charge in [-0.1, -0.05) is 0 Å². The van der Waals surface area contributed by atoms with Crippen LogP contribution in [0.5, 0.6) is 5.75 Å². The molecule has 0 aliphatic rings. The first kappa shape index (κ1) is 27.6. The van der Waals surface area contributed by atoms with Gasteiger partial charge in [0, 0.05) is 21.0 Å². The molecular formula is C21H9Br2F8N3O2. The summed E-state index contributed by atoms with van der Waals surface area (Å²) in [7, 11) is 0. The molecule has 15 heteroatoms. The number of amides is 1. The van der Waals surface area contributed by atoms with Crippen LogP contribution in [0.15, 0.2) is 46.9 Å². The molecule has 1 N–H and O–H groups in total. The maximum atomic E-state index is 14.8. The molecule has 0 saturated heterocycles. The summed E-state index contributed by atoms with van der Waals surface area (Å²) in [5.41, 5.74) is -7.42. The first-order valence-electron chi connectivity index (χ1n) is 9.32. The molecule has 0 fully saturated rings. The quantitative estimate of drug-likeness (QED) is 0.223. The number of benzene rings is 2. The first-order valence-corrected chi connectivity index (χ1v) is 10.9. The number of alkyl halides is 9. The van der Waals surface area contributed by atoms with Gasteiger partial charge in [-0.3, -0.25) is 4.79 Å². The van der Waals surface area contributed by atoms with E-state index in [1.165, 1.54) is 46.3 Å². The topological polar surface area (TPSA) is 75.0 Å². The molecular weight excluding hydrogens is 638 g/mol. The van der Waals surface area contributed by atoms with Crippen molar-refractivity contribution in [3.05, 3.63) is 63.8 Å². The summed E-state index contributed by atoms with van der Waals surface area (Å²) < 4.78 is 112. The van der Waals surface area contributed by atoms with Gasteiger partial charge in [0.05, 0.1) is 11.2 Å². The lowest BCUT2D eigenvalue weighted by Gasteiger charge is -2.32. The predicted octanol–water partition coefficient (Wildman–Crippen LogP) is 7.44. The molecule has 1 heterocycles. The molecule has 1 unspecified atom stereocenters. The van der Waals surface area contributed by atoms with Gasteiger partial charge in [-0.2, -0.15) is 36.0 Å². The molecule has 0 aliphatic carbocycles. The van der Waals surface area contributed by atoms with E-state index < -0.39 is 50.7 Å². The van der Waals surface area contributed by atoms with E-state index in [2.05, 4.69) is 31.0 Å². The van der Waals surface area contributed by atoms with Crippen molar-refractivity contribution in [2.75, 3.05) is 5.32 Å². The monoisotopic (exact) mass is 645 g/mol. The molecule has 5 nitrogen and oxygen atoms in total. The van der Waals surface area contributed by atoms with Crippen molar-refractivity contribution >= 4 is 54.4 Å². The highest BCUT2D eigenvalue weighted by Crippen LogP contribution is 2.56. The predicted molar refractivity (Wildman–Crippen MR) is 118 cm³/mol. The van der Waals surface area contributed by atoms with Gasteiger partial charge in [-0.25, -0.2) is 9.37 Å². The summed E-state index contributed by atoms with van der Waals surface area (Å²) >= 11 is 4.06. The van der Waals surface area contributed by atoms with E-state index in [0.29, 0.717) is 10.9 Å². The number of hydrogen-bond donors (Lipinski definition) is 1. The number of hydrogen-bond acceptors (Lipinski definition) is 4. The van der Waals surface area contributed by atoms with Crippen molar-refractivity contribution in [1.29, 1.82) is 5.26 Å². The van der Waals surface area contributed by atoms with Crippen molar-refractivity contribution in [2.45, 2.75) is 23.3 Å². The van der Waals surface area contributed by atoms with Gasteiger partial charge < -0.3 is 10.1 Å². The number of nitriles is 1. The van der Waals surface area contributed by atoms with Gasteiger partial charge in [0.25, 0.3) is 5.91 Å². The van der Waals surface area contributed by atoms with Crippen LogP contribution in [0.3, 0.4) is 0 Å². The van der Waals surface area contributed by atoms with Crippen LogP contribution in [0, 0.1) is 11.3 Å². The van der Waals surface area contributed by atoms with E-state index in [0.717, 1.165) is 0 Å². The van der Waals surface area contributed by atoms with Crippen LogP contribution in [0.2, 0.25) is 0 Å². The SMILES string of the molecule is N#Cc1ccc2cc(C(=O)Nc3c(Br)cc(C(F)(C(F)(F)F)C(F)(F)Br)cc3OC(F)F)ccc2n1. The minimum absolute atomic E-state index is 0.0110. The highest BCUT2D eigenvalue weighted by atomic mass is 79.9. The minimum Gasteiger partial charge on any atom is -0.433 e. The van der Waals surface area contributed by atoms with Crippen LogP contribution in [0.1, 0.15) is 21.6 Å². The Balaban J connectivity index is 2.08. The van der Waals surface area contributed by atoms with Gasteiger partial charge in [0.15, 0.2) is 5.75 Å². The number of nitrogens with zero attached hydrogens (tertiary/aromatic N) is 2. The normalized spacial score (nSPS) is 13.8. The second-order valence-electron chi connectivity index (χ2n) is 7.03. The number of ether oxygens (including phenoxy) is 1. The van der Waals surface area contributed by atoms with Crippen LogP contribution in [0.25, 0.3) is 10.9 Å². The molecule has 0 bridgehead atoms. The number of anilines is 1. The third kappa shape index (κ3) is 5.24. The lowest BCUT2D eigenvalue weighted by atomic mass is 9.94. The molecule has 3 aromatic rings. The van der Waals surface area contributed by atoms with Gasteiger partial charge in [0.2, 0.25) is 0 Å². The lowest BCUT2D eigenvalue weighted by molar-refractivity contribution is -0.282. The molecule has 0 spiro atoms. The zero-order valence-electron chi connectivity index (χ0n) is 17.1. The maximum absolute atomic E-state index is 14.8. The van der Waals surface area contributed by atoms with Crippen LogP contribution < -0.4 is 10.1 Å². The maximum Gasteiger partial charge on any atom is 0.433 e. The van der Waals surface area contributed by atoms with Gasteiger partial charge in [-0.05, 0) is 74.3 Å². The van der Waals surface area contributed by atoms with Crippen molar-refractivity contribution in [3.63, 3.8) is 0 Å². The summed E-state index contributed by atoms with van der Waals surface area (Å²) in [5, 5.41) is 11.4. The van der Waals surface area contributed by atoms with E-state index in [1.807, 2.05) is 6.07 Å². The largest absolute Gasteiger partial charge is 0.433 e. The number of aromatic nitrogens is 1. The first-order chi connectivity index (χ1) is 16.6. The molecule has 1 amide bonds. The van der Waals surface area contributed by atoms with Crippen molar-refractivity contribution in [2.24, 2.45) is 0 Å². The molecule has 3 rings (SSSR count). The fourth-order valence-corrected chi connectivity index (χ4v) is 4.09. The van der Waals surface area contributed by atoms with Crippen LogP contribution in [-0.4, -0.2) is 28.5 Å². The van der Waals surface area contributed by atoms with E-state index in [1.54, 1.807) is 0 Å². The van der Waals surface area contributed by atoms with Gasteiger partial charge in [-0.15, -0.1) is 0 Å². The molecule has 0 aliphatic heterocycles. The molecule has 0 radical (unpaired) electrons. The number of nitrogens with one attached hydrogen (secondary N) is 1. The average molecular weight is 647 g/mol. The van der Waals surface area contributed by atoms with Crippen LogP contribution in [-0.2, 0) is 5.67 Å². The highest BCUT2D eigenvalue weighted by molar-refractivity contribution is 9.10. The van der Waals surface area contributed by atoms with Crippen molar-refractivity contribution in [3.8, 4) is 11.8 Å². The van der Waals surface area contributed by atoms with Crippen molar-refractivity contribution in [1.82, 2.24) is 4.98 Å². The molecule has 36 heavy (non-hydrogen) atoms. The molecule has 1 atom stereocenters. The summed E-state index contributed by atoms with van der Waals surface area (Å²) in [5.74, 6) is -2.19. The number of rotatable bonds is 6. The second-order valence-corrected chi connectivity index (χ2v) is 8.88. The average Bonchev–Trinajstić information content (AvgIpc) is 2.77. The number of fused-ring (bicyclic) bond motifs is 1. The third-order valence-corrected chi connectivity index (χ3v) is 5.93. The summed E-state index contributed by atoms with van der Waals surface area (Å²) in [6, 6.07) is 8.87. The number of carbonyl (C=O) groups is 1. The summed E-state index contributed by atoms with van der Waals surface area (Å²) in [4.78, 5) is 11.6. The Kier molecular flexibility index (Phi) is 7.52. The Morgan fingerprint density at radius 1 is 1.06 bits per heavy atom. The van der Waals surface area contributed by atoms with E-state index in [-0.39, 0.29) is 23.4 Å². The minimum atomic E-state index is -6.18. The van der Waals surface area contributed by atoms with Crippen LogP contribution >= 0.6 is 31.9 Å². The van der Waals surface area contributed by atoms with E-state index in [9.17, 15) is 39.9 Å². The Labute approximate surface area is 213 Å². The number of halogens is 10. The molecule has 1 aromatic heterocycles. The second kappa shape index (κ2) is 9.81. The molecule has 2 aromatic carbocycles. The Morgan fingerprint density at radius 3 is 2.28 bits per heavy atom. The number of carbonyl (C=O) groups excluding carboxylic acids is 1. The highest BCUT2D eigenvalue weighted by Gasteiger charge is 2.71. The van der Waals surface area contributed by atoms with E-state index in [4.69, 9.17) is 5.26 Å². The lowest BCUT2D eigenvalue weighted by Crippen LogP contribution is -2.49. The van der Waals surface area contributed by atoms with E-state index >= 15 is 0 Å². The fourth-order valence-electron chi connectivity index (χ4n) is 3.09. The zero-order chi connectivity index (χ0) is 27.1. The smallest absolute Gasteiger partial charge is 0.433 e. The van der Waals surface area contributed by atoms with Crippen LogP contribution in [0.4, 0.5) is 40.8 Å². The Morgan fingerprint density at radius 2 is 1.72 bits per heavy atom. The Bertz CT molecular complexity index is 1360. The molecule has 190 valence electrons. The molecule has 0 saturated carbocycles. The summed E-state index contributed by atoms with van der Waals surface area (Å²) in [6.45, 7) is -3.67. The van der Waals surface area contributed by atoms with Gasteiger partial charge >= 0.3 is 23.3 Å². The zero-order valence-corrected chi connectivity index (χ0v) is 20.3. The standard InChI is InChI=1S/C21H9Br2F8N3O2/c22-13-6-11(19(26,20(23,27)28)21(29,30)31)7-15(36-18(24)25)16(13)34-17(35)10-2-4-14-9(5-10)1-3-12(8-32)33-14/h1-7,18H,(H,34,35). The fraction of sp³-hybridized carbons (Fsp3) is 0.190. The van der Waals surface area contributed by atoms with Gasteiger partial charge in [0.1, 0.15) is 11.8 Å². The summed E-state index contributed by atoms with van der Waals surface area (Å²) in [6.07, 6.45) is -6.18. The Hall–Kier alpha value is -2.99. The van der Waals surface area contributed by atoms with Crippen molar-refractivity contribution < 1.29 is 44.7 Å². The number of pyridine rings is 1. The third-order valence-electron chi connectivity index (χ3n) is 4.75.